The molecule has 0 saturated carbocycles. The molecule has 2 aromatic rings. The van der Waals surface area contributed by atoms with Gasteiger partial charge in [-0.3, -0.25) is 4.79 Å². The van der Waals surface area contributed by atoms with Crippen molar-refractivity contribution < 1.29 is 23.4 Å². The molecule has 0 saturated heterocycles. The van der Waals surface area contributed by atoms with Crippen LogP contribution in [-0.4, -0.2) is 28.8 Å². The lowest BCUT2D eigenvalue weighted by atomic mass is 10.0. The molecule has 4 nitrogen and oxygen atoms in total. The minimum absolute atomic E-state index is 0.00144. The van der Waals surface area contributed by atoms with Crippen LogP contribution in [0.4, 0.5) is 8.78 Å². The summed E-state index contributed by atoms with van der Waals surface area (Å²) in [6.45, 7) is 1.77. The fourth-order valence-electron chi connectivity index (χ4n) is 2.07. The Hall–Kier alpha value is -1.86. The number of hydrogen-bond donors (Lipinski definition) is 1. The molecular formula is C17H13Cl2F2NO3. The lowest BCUT2D eigenvalue weighted by Gasteiger charge is -2.10. The van der Waals surface area contributed by atoms with E-state index < -0.39 is 23.7 Å². The van der Waals surface area contributed by atoms with E-state index in [0.717, 1.165) is 18.2 Å². The van der Waals surface area contributed by atoms with Crippen LogP contribution in [0.15, 0.2) is 30.3 Å². The summed E-state index contributed by atoms with van der Waals surface area (Å²) in [5.41, 5.74) is 0.441. The van der Waals surface area contributed by atoms with E-state index in [1.54, 1.807) is 6.92 Å². The molecule has 2 rings (SSSR count). The molecule has 1 aromatic heterocycles. The summed E-state index contributed by atoms with van der Waals surface area (Å²) in [4.78, 5) is 15.6. The van der Waals surface area contributed by atoms with Gasteiger partial charge >= 0.3 is 0 Å². The lowest BCUT2D eigenvalue weighted by molar-refractivity contribution is -0.149. The zero-order valence-corrected chi connectivity index (χ0v) is 14.5. The number of ether oxygens (including phenoxy) is 1. The first-order valence-electron chi connectivity index (χ1n) is 7.16. The van der Waals surface area contributed by atoms with Gasteiger partial charge in [0.15, 0.2) is 0 Å². The highest BCUT2D eigenvalue weighted by Gasteiger charge is 2.16. The molecule has 0 aliphatic heterocycles. The number of aromatic nitrogens is 1. The second-order valence-corrected chi connectivity index (χ2v) is 5.61. The number of hydrogen-bond acceptors (Lipinski definition) is 4. The van der Waals surface area contributed by atoms with E-state index >= 15 is 0 Å². The first-order valence-corrected chi connectivity index (χ1v) is 7.92. The quantitative estimate of drug-likeness (QED) is 0.456. The van der Waals surface area contributed by atoms with Crippen LogP contribution in [0.1, 0.15) is 12.5 Å². The van der Waals surface area contributed by atoms with Crippen molar-refractivity contribution in [1.82, 2.24) is 4.98 Å². The molecule has 0 aliphatic carbocycles. The van der Waals surface area contributed by atoms with E-state index in [2.05, 4.69) is 4.98 Å². The van der Waals surface area contributed by atoms with Gasteiger partial charge in [-0.05, 0) is 42.8 Å². The van der Waals surface area contributed by atoms with E-state index in [4.69, 9.17) is 27.9 Å². The van der Waals surface area contributed by atoms with Gasteiger partial charge in [-0.2, -0.15) is 0 Å². The molecule has 0 aliphatic rings. The summed E-state index contributed by atoms with van der Waals surface area (Å²) in [6, 6.07) is 4.36. The number of aliphatic hydroxyl groups is 1. The Balaban J connectivity index is 2.49. The van der Waals surface area contributed by atoms with Gasteiger partial charge in [0.05, 0.1) is 0 Å². The van der Waals surface area contributed by atoms with E-state index in [1.807, 2.05) is 0 Å². The molecule has 1 aromatic carbocycles. The molecule has 1 unspecified atom stereocenters. The highest BCUT2D eigenvalue weighted by Crippen LogP contribution is 2.33. The van der Waals surface area contributed by atoms with Crippen molar-refractivity contribution in [3.05, 3.63) is 57.8 Å². The van der Waals surface area contributed by atoms with Crippen molar-refractivity contribution >= 4 is 35.1 Å². The molecule has 0 radical (unpaired) electrons. The van der Waals surface area contributed by atoms with Crippen molar-refractivity contribution in [2.24, 2.45) is 0 Å². The molecule has 1 N–H and O–H groups in total. The topological polar surface area (TPSA) is 59.4 Å². The van der Waals surface area contributed by atoms with Crippen LogP contribution in [0, 0.1) is 11.6 Å². The Morgan fingerprint density at radius 2 is 2.04 bits per heavy atom. The molecule has 0 amide bonds. The van der Waals surface area contributed by atoms with Gasteiger partial charge in [0.1, 0.15) is 21.9 Å². The van der Waals surface area contributed by atoms with Crippen LogP contribution in [0.25, 0.3) is 17.2 Å². The summed E-state index contributed by atoms with van der Waals surface area (Å²) in [7, 11) is 0. The van der Waals surface area contributed by atoms with Gasteiger partial charge < -0.3 is 9.84 Å². The highest BCUT2D eigenvalue weighted by molar-refractivity contribution is 6.34. The fraction of sp³-hybridized carbons (Fsp3) is 0.176. The van der Waals surface area contributed by atoms with Crippen molar-refractivity contribution in [2.45, 2.75) is 13.2 Å². The molecule has 1 heterocycles. The first-order chi connectivity index (χ1) is 11.8. The van der Waals surface area contributed by atoms with Crippen molar-refractivity contribution in [3.8, 4) is 11.1 Å². The number of nitrogens with zero attached hydrogens (tertiary/aromatic N) is 1. The third-order valence-electron chi connectivity index (χ3n) is 3.18. The minimum Gasteiger partial charge on any atom is -0.362 e. The number of aliphatic hydroxyl groups excluding tert-OH is 1. The maximum atomic E-state index is 14.1. The van der Waals surface area contributed by atoms with Crippen LogP contribution in [0.5, 0.6) is 0 Å². The minimum atomic E-state index is -1.62. The average Bonchev–Trinajstić information content (AvgIpc) is 2.53. The van der Waals surface area contributed by atoms with E-state index in [0.29, 0.717) is 0 Å². The largest absolute Gasteiger partial charge is 0.362 e. The Labute approximate surface area is 152 Å². The zero-order chi connectivity index (χ0) is 18.6. The monoisotopic (exact) mass is 387 g/mol. The number of rotatable bonds is 6. The van der Waals surface area contributed by atoms with Gasteiger partial charge in [0.2, 0.25) is 12.1 Å². The van der Waals surface area contributed by atoms with Gasteiger partial charge in [-0.1, -0.05) is 23.2 Å². The number of pyridine rings is 1. The van der Waals surface area contributed by atoms with Crippen LogP contribution in [0.2, 0.25) is 10.3 Å². The molecule has 25 heavy (non-hydrogen) atoms. The van der Waals surface area contributed by atoms with Crippen molar-refractivity contribution in [3.63, 3.8) is 0 Å². The summed E-state index contributed by atoms with van der Waals surface area (Å²) in [6.07, 6.45) is 0.669. The predicted octanol–water partition coefficient (Wildman–Crippen LogP) is 4.27. The number of benzene rings is 1. The van der Waals surface area contributed by atoms with Gasteiger partial charge in [0, 0.05) is 23.8 Å². The normalized spacial score (nSPS) is 12.6. The summed E-state index contributed by atoms with van der Waals surface area (Å²) in [5.74, 6) is -2.29. The van der Waals surface area contributed by atoms with Gasteiger partial charge in [0.25, 0.3) is 0 Å². The summed E-state index contributed by atoms with van der Waals surface area (Å²) < 4.78 is 32.0. The molecule has 1 atom stereocenters. The number of ketones is 1. The summed E-state index contributed by atoms with van der Waals surface area (Å²) >= 11 is 11.9. The van der Waals surface area contributed by atoms with Crippen molar-refractivity contribution in [2.75, 3.05) is 6.61 Å². The number of carbonyl (C=O) groups excluding carboxylic acids is 1. The van der Waals surface area contributed by atoms with E-state index in [9.17, 15) is 18.7 Å². The molecule has 0 spiro atoms. The Morgan fingerprint density at radius 3 is 2.68 bits per heavy atom. The SMILES string of the molecule is CCOC(O)C(=O)/C=C/c1c(-c2ccc(F)cc2F)cc(Cl)nc1Cl. The van der Waals surface area contributed by atoms with E-state index in [1.165, 1.54) is 18.2 Å². The average molecular weight is 388 g/mol. The lowest BCUT2D eigenvalue weighted by Crippen LogP contribution is -2.21. The van der Waals surface area contributed by atoms with E-state index in [-0.39, 0.29) is 33.6 Å². The van der Waals surface area contributed by atoms with Crippen LogP contribution in [-0.2, 0) is 9.53 Å². The molecule has 0 fully saturated rings. The van der Waals surface area contributed by atoms with Crippen LogP contribution in [0.3, 0.4) is 0 Å². The summed E-state index contributed by atoms with van der Waals surface area (Å²) in [5, 5.41) is 9.39. The van der Waals surface area contributed by atoms with Gasteiger partial charge in [-0.25, -0.2) is 13.8 Å². The zero-order valence-electron chi connectivity index (χ0n) is 13.0. The Morgan fingerprint density at radius 1 is 1.32 bits per heavy atom. The maximum absolute atomic E-state index is 14.1. The third-order valence-corrected chi connectivity index (χ3v) is 3.67. The predicted molar refractivity (Wildman–Crippen MR) is 91.3 cm³/mol. The second kappa shape index (κ2) is 8.49. The Bertz CT molecular complexity index is 828. The van der Waals surface area contributed by atoms with Crippen LogP contribution < -0.4 is 0 Å². The smallest absolute Gasteiger partial charge is 0.219 e. The Kier molecular flexibility index (Phi) is 6.61. The molecule has 8 heteroatoms. The number of halogens is 4. The second-order valence-electron chi connectivity index (χ2n) is 4.86. The van der Waals surface area contributed by atoms with Crippen molar-refractivity contribution in [1.29, 1.82) is 0 Å². The molecule has 132 valence electrons. The third kappa shape index (κ3) is 4.83. The van der Waals surface area contributed by atoms with Crippen LogP contribution >= 0.6 is 23.2 Å². The number of carbonyl (C=O) groups is 1. The molecule has 0 bridgehead atoms. The van der Waals surface area contributed by atoms with Gasteiger partial charge in [-0.15, -0.1) is 0 Å². The maximum Gasteiger partial charge on any atom is 0.219 e. The fourth-order valence-corrected chi connectivity index (χ4v) is 2.56. The molecular weight excluding hydrogens is 375 g/mol. The standard InChI is InChI=1S/C17H13Cl2F2NO3/c1-2-25-17(24)14(23)6-5-11-12(8-15(18)22-16(11)19)10-4-3-9(20)7-13(10)21/h3-8,17,24H,2H2,1H3/b6-5+. The first kappa shape index (κ1) is 19.5. The highest BCUT2D eigenvalue weighted by atomic mass is 35.5.